The van der Waals surface area contributed by atoms with Crippen molar-refractivity contribution in [2.75, 3.05) is 38.2 Å². The van der Waals surface area contributed by atoms with Gasteiger partial charge in [-0.1, -0.05) is 13.8 Å². The fourth-order valence-corrected chi connectivity index (χ4v) is 4.88. The Labute approximate surface area is 111 Å². The molecule has 1 saturated carbocycles. The summed E-state index contributed by atoms with van der Waals surface area (Å²) in [6.45, 7) is 7.14. The van der Waals surface area contributed by atoms with Gasteiger partial charge < -0.3 is 10.2 Å². The van der Waals surface area contributed by atoms with Crippen LogP contribution in [0, 0.1) is 11.3 Å². The lowest BCUT2D eigenvalue weighted by Crippen LogP contribution is -2.47. The van der Waals surface area contributed by atoms with Gasteiger partial charge in [0.2, 0.25) is 0 Å². The van der Waals surface area contributed by atoms with Crippen LogP contribution in [-0.2, 0) is 9.84 Å². The second kappa shape index (κ2) is 5.10. The van der Waals surface area contributed by atoms with Crippen molar-refractivity contribution in [3.05, 3.63) is 0 Å². The topological polar surface area (TPSA) is 49.4 Å². The summed E-state index contributed by atoms with van der Waals surface area (Å²) in [5.41, 5.74) is 0.362. The molecule has 0 radical (unpaired) electrons. The van der Waals surface area contributed by atoms with Crippen molar-refractivity contribution in [3.8, 4) is 0 Å². The highest BCUT2D eigenvalue weighted by Crippen LogP contribution is 2.41. The van der Waals surface area contributed by atoms with Crippen molar-refractivity contribution >= 4 is 9.84 Å². The first-order valence-electron chi connectivity index (χ1n) is 6.94. The molecule has 5 heteroatoms. The molecule has 0 aromatic carbocycles. The van der Waals surface area contributed by atoms with Crippen LogP contribution < -0.4 is 5.32 Å². The first kappa shape index (κ1) is 14.3. The van der Waals surface area contributed by atoms with Crippen molar-refractivity contribution < 1.29 is 8.42 Å². The first-order valence-corrected chi connectivity index (χ1v) is 8.76. The normalized spacial score (nSPS) is 35.7. The smallest absolute Gasteiger partial charge is 0.152 e. The van der Waals surface area contributed by atoms with Gasteiger partial charge in [-0.15, -0.1) is 0 Å². The van der Waals surface area contributed by atoms with Crippen molar-refractivity contribution in [1.29, 1.82) is 0 Å². The average molecular weight is 274 g/mol. The van der Waals surface area contributed by atoms with Gasteiger partial charge in [-0.25, -0.2) is 8.42 Å². The van der Waals surface area contributed by atoms with Crippen LogP contribution in [0.1, 0.15) is 26.7 Å². The van der Waals surface area contributed by atoms with E-state index in [-0.39, 0.29) is 0 Å². The summed E-state index contributed by atoms with van der Waals surface area (Å²) < 4.78 is 22.8. The summed E-state index contributed by atoms with van der Waals surface area (Å²) >= 11 is 0. The van der Waals surface area contributed by atoms with E-state index in [4.69, 9.17) is 0 Å². The lowest BCUT2D eigenvalue weighted by atomic mass is 9.85. The number of sulfone groups is 1. The molecule has 2 fully saturated rings. The molecular weight excluding hydrogens is 248 g/mol. The van der Waals surface area contributed by atoms with E-state index >= 15 is 0 Å². The van der Waals surface area contributed by atoms with Crippen LogP contribution >= 0.6 is 0 Å². The molecule has 4 nitrogen and oxygen atoms in total. The lowest BCUT2D eigenvalue weighted by Gasteiger charge is -2.34. The van der Waals surface area contributed by atoms with E-state index < -0.39 is 9.84 Å². The van der Waals surface area contributed by atoms with Crippen LogP contribution in [-0.4, -0.2) is 57.5 Å². The quantitative estimate of drug-likeness (QED) is 0.825. The van der Waals surface area contributed by atoms with Crippen LogP contribution in [0.5, 0.6) is 0 Å². The number of rotatable bonds is 3. The maximum Gasteiger partial charge on any atom is 0.152 e. The van der Waals surface area contributed by atoms with E-state index in [9.17, 15) is 8.42 Å². The highest BCUT2D eigenvalue weighted by molar-refractivity contribution is 7.91. The zero-order valence-electron chi connectivity index (χ0n) is 11.8. The third kappa shape index (κ3) is 3.06. The Morgan fingerprint density at radius 3 is 2.44 bits per heavy atom. The van der Waals surface area contributed by atoms with Crippen LogP contribution in [0.15, 0.2) is 0 Å². The largest absolute Gasteiger partial charge is 0.316 e. The molecule has 2 rings (SSSR count). The van der Waals surface area contributed by atoms with Crippen molar-refractivity contribution in [3.63, 3.8) is 0 Å². The Bertz CT molecular complexity index is 378. The summed E-state index contributed by atoms with van der Waals surface area (Å²) in [5.74, 6) is 1.34. The van der Waals surface area contributed by atoms with Crippen molar-refractivity contribution in [1.82, 2.24) is 10.2 Å². The Kier molecular flexibility index (Phi) is 4.04. The summed E-state index contributed by atoms with van der Waals surface area (Å²) in [6.07, 6.45) is 2.51. The Balaban J connectivity index is 1.91. The SMILES string of the molecule is CNC1C(CN2CCS(=O)(=O)CC2)CCC1(C)C. The molecule has 0 aromatic heterocycles. The Hall–Kier alpha value is -0.130. The summed E-state index contributed by atoms with van der Waals surface area (Å²) in [6, 6.07) is 0.552. The Morgan fingerprint density at radius 1 is 1.28 bits per heavy atom. The van der Waals surface area contributed by atoms with Crippen molar-refractivity contribution in [2.45, 2.75) is 32.7 Å². The lowest BCUT2D eigenvalue weighted by molar-refractivity contribution is 0.197. The zero-order chi connectivity index (χ0) is 13.4. The van der Waals surface area contributed by atoms with Gasteiger partial charge in [0.1, 0.15) is 0 Å². The molecule has 0 spiro atoms. The highest BCUT2D eigenvalue weighted by Gasteiger charge is 2.41. The molecule has 18 heavy (non-hydrogen) atoms. The fraction of sp³-hybridized carbons (Fsp3) is 1.00. The highest BCUT2D eigenvalue weighted by atomic mass is 32.2. The van der Waals surface area contributed by atoms with Crippen LogP contribution in [0.2, 0.25) is 0 Å². The standard InChI is InChI=1S/C13H26N2O2S/c1-13(2)5-4-11(12(13)14-3)10-15-6-8-18(16,17)9-7-15/h11-12,14H,4-10H2,1-3H3. The molecule has 1 N–H and O–H groups in total. The van der Waals surface area contributed by atoms with E-state index in [2.05, 4.69) is 24.1 Å². The third-order valence-electron chi connectivity index (χ3n) is 4.71. The van der Waals surface area contributed by atoms with Gasteiger partial charge in [0.25, 0.3) is 0 Å². The molecule has 1 aliphatic heterocycles. The molecule has 2 atom stereocenters. The molecule has 2 aliphatic rings. The molecule has 1 aliphatic carbocycles. The number of nitrogens with zero attached hydrogens (tertiary/aromatic N) is 1. The predicted molar refractivity (Wildman–Crippen MR) is 74.4 cm³/mol. The molecule has 0 amide bonds. The molecule has 2 unspecified atom stereocenters. The van der Waals surface area contributed by atoms with Crippen LogP contribution in [0.25, 0.3) is 0 Å². The molecule has 0 bridgehead atoms. The van der Waals surface area contributed by atoms with Gasteiger partial charge in [-0.05, 0) is 31.2 Å². The van der Waals surface area contributed by atoms with E-state index in [1.165, 1.54) is 12.8 Å². The minimum atomic E-state index is -2.75. The average Bonchev–Trinajstić information content (AvgIpc) is 2.56. The van der Waals surface area contributed by atoms with Gasteiger partial charge in [0, 0.05) is 25.7 Å². The van der Waals surface area contributed by atoms with Crippen LogP contribution in [0.4, 0.5) is 0 Å². The van der Waals surface area contributed by atoms with Gasteiger partial charge >= 0.3 is 0 Å². The monoisotopic (exact) mass is 274 g/mol. The minimum absolute atomic E-state index is 0.341. The third-order valence-corrected chi connectivity index (χ3v) is 6.32. The van der Waals surface area contributed by atoms with E-state index in [1.54, 1.807) is 0 Å². The number of hydrogen-bond acceptors (Lipinski definition) is 4. The van der Waals surface area contributed by atoms with Gasteiger partial charge in [-0.3, -0.25) is 0 Å². The van der Waals surface area contributed by atoms with E-state index in [0.29, 0.717) is 28.9 Å². The minimum Gasteiger partial charge on any atom is -0.316 e. The molecule has 1 saturated heterocycles. The van der Waals surface area contributed by atoms with Gasteiger partial charge in [0.15, 0.2) is 9.84 Å². The summed E-state index contributed by atoms with van der Waals surface area (Å²) in [7, 11) is -0.701. The first-order chi connectivity index (χ1) is 8.34. The summed E-state index contributed by atoms with van der Waals surface area (Å²) in [5, 5.41) is 3.47. The second-order valence-electron chi connectivity index (χ2n) is 6.51. The zero-order valence-corrected chi connectivity index (χ0v) is 12.6. The van der Waals surface area contributed by atoms with Crippen LogP contribution in [0.3, 0.4) is 0 Å². The Morgan fingerprint density at radius 2 is 1.89 bits per heavy atom. The second-order valence-corrected chi connectivity index (χ2v) is 8.81. The molecular formula is C13H26N2O2S. The summed E-state index contributed by atoms with van der Waals surface area (Å²) in [4.78, 5) is 2.33. The van der Waals surface area contributed by atoms with Crippen molar-refractivity contribution in [2.24, 2.45) is 11.3 Å². The van der Waals surface area contributed by atoms with Gasteiger partial charge in [0.05, 0.1) is 11.5 Å². The molecule has 1 heterocycles. The number of nitrogens with one attached hydrogen (secondary N) is 1. The van der Waals surface area contributed by atoms with E-state index in [1.807, 2.05) is 7.05 Å². The molecule has 0 aromatic rings. The maximum atomic E-state index is 11.4. The number of hydrogen-bond donors (Lipinski definition) is 1. The predicted octanol–water partition coefficient (Wildman–Crippen LogP) is 0.741. The van der Waals surface area contributed by atoms with Gasteiger partial charge in [-0.2, -0.15) is 0 Å². The fourth-order valence-electron chi connectivity index (χ4n) is 3.61. The molecule has 106 valence electrons. The van der Waals surface area contributed by atoms with E-state index in [0.717, 1.165) is 19.6 Å². The maximum absolute atomic E-state index is 11.4.